The zero-order chi connectivity index (χ0) is 11.4. The van der Waals surface area contributed by atoms with Crippen LogP contribution in [0.2, 0.25) is 0 Å². The van der Waals surface area contributed by atoms with Crippen molar-refractivity contribution in [3.05, 3.63) is 0 Å². The van der Waals surface area contributed by atoms with Gasteiger partial charge in [0, 0.05) is 0 Å². The molecule has 0 fully saturated rings. The molecule has 0 N–H and O–H groups in total. The summed E-state index contributed by atoms with van der Waals surface area (Å²) >= 11 is 54.7. The number of rotatable bonds is 1. The molecule has 0 aliphatic carbocycles. The molecule has 11 heteroatoms. The van der Waals surface area contributed by atoms with E-state index in [1.165, 1.54) is 0 Å². The van der Waals surface area contributed by atoms with Gasteiger partial charge in [-0.2, -0.15) is 0 Å². The Labute approximate surface area is 123 Å². The Morgan fingerprint density at radius 2 is 0.846 bits per heavy atom. The van der Waals surface area contributed by atoms with Crippen molar-refractivity contribution >= 4 is 117 Å². The van der Waals surface area contributed by atoms with Crippen molar-refractivity contribution in [1.29, 1.82) is 0 Å². The molecule has 0 atom stereocenters. The minimum absolute atomic E-state index is 2.35. The normalized spacial score (nSPS) is 20.8. The molecule has 0 radical (unpaired) electrons. The van der Waals surface area contributed by atoms with Gasteiger partial charge in [-0.25, -0.2) is 0 Å². The van der Waals surface area contributed by atoms with Gasteiger partial charge in [-0.1, -0.05) is 0 Å². The van der Waals surface area contributed by atoms with Crippen molar-refractivity contribution in [1.82, 2.24) is 0 Å². The predicted octanol–water partition coefficient (Wildman–Crippen LogP) is 7.35. The quantitative estimate of drug-likeness (QED) is 0.314. The maximum absolute atomic E-state index is 5.65. The van der Waals surface area contributed by atoms with Crippen molar-refractivity contribution in [2.24, 2.45) is 0 Å². The van der Waals surface area contributed by atoms with Crippen LogP contribution in [0.4, 0.5) is 0 Å². The van der Waals surface area contributed by atoms with Crippen LogP contribution in [0.5, 0.6) is 0 Å². The van der Waals surface area contributed by atoms with Crippen LogP contribution in [0.25, 0.3) is 0 Å². The van der Waals surface area contributed by atoms with Gasteiger partial charge in [0.1, 0.15) is 0 Å². The van der Waals surface area contributed by atoms with E-state index in [-0.39, 0.29) is 0 Å². The molecular formula is C2Cl10P-. The summed E-state index contributed by atoms with van der Waals surface area (Å²) in [4.78, 5) is 0. The molecule has 0 bridgehead atoms. The van der Waals surface area contributed by atoms with Gasteiger partial charge < -0.3 is 0 Å². The summed E-state index contributed by atoms with van der Waals surface area (Å²) in [7, 11) is 0. The Bertz CT molecular complexity index is 211. The van der Waals surface area contributed by atoms with Gasteiger partial charge in [0.25, 0.3) is 0 Å². The molecule has 13 heavy (non-hydrogen) atoms. The molecule has 0 aromatic rings. The summed E-state index contributed by atoms with van der Waals surface area (Å²) in [5.41, 5.74) is 0. The number of hydrogen-bond donors (Lipinski definition) is 0. The Morgan fingerprint density at radius 1 is 0.615 bits per heavy atom. The molecule has 0 spiro atoms. The predicted molar refractivity (Wildman–Crippen MR) is 70.9 cm³/mol. The SMILES string of the molecule is ClC(Cl)(Cl)C(Cl)(Cl)[P-](Cl)(Cl)(Cl)(Cl)Cl. The van der Waals surface area contributed by atoms with Gasteiger partial charge >= 0.3 is 125 Å². The van der Waals surface area contributed by atoms with E-state index in [1.54, 1.807) is 0 Å². The molecule has 0 heterocycles. The van der Waals surface area contributed by atoms with E-state index >= 15 is 0 Å². The van der Waals surface area contributed by atoms with Crippen LogP contribution < -0.4 is 0 Å². The summed E-state index contributed by atoms with van der Waals surface area (Å²) in [6, 6.07) is 0. The number of hydrogen-bond acceptors (Lipinski definition) is 0. The summed E-state index contributed by atoms with van der Waals surface area (Å²) < 4.78 is -10.5. The standard InChI is InChI=1S/C2Cl10P/c3-1(4,5)2(6,7)13(8,9,10,11)12/q-1. The van der Waals surface area contributed by atoms with Crippen LogP contribution >= 0.6 is 117 Å². The first-order valence-corrected chi connectivity index (χ1v) is 11.4. The summed E-state index contributed by atoms with van der Waals surface area (Å²) in [6.07, 6.45) is 0. The van der Waals surface area contributed by atoms with Crippen LogP contribution in [0.15, 0.2) is 0 Å². The van der Waals surface area contributed by atoms with Crippen molar-refractivity contribution in [3.63, 3.8) is 0 Å². The first-order valence-electron chi connectivity index (χ1n) is 2.26. The van der Waals surface area contributed by atoms with Crippen LogP contribution in [-0.2, 0) is 0 Å². The number of alkyl halides is 5. The van der Waals surface area contributed by atoms with E-state index in [4.69, 9.17) is 114 Å². The monoisotopic (exact) mass is 405 g/mol. The minimum atomic E-state index is -5.65. The van der Waals surface area contributed by atoms with Gasteiger partial charge in [0.2, 0.25) is 0 Å². The molecule has 0 nitrogen and oxygen atoms in total. The second-order valence-corrected chi connectivity index (χ2v) is 26.9. The van der Waals surface area contributed by atoms with Crippen LogP contribution in [0, 0.1) is 0 Å². The summed E-state index contributed by atoms with van der Waals surface area (Å²) in [6.45, 7) is 0. The topological polar surface area (TPSA) is 0 Å². The molecule has 0 aromatic carbocycles. The molecule has 0 unspecified atom stereocenters. The molecule has 0 aromatic heterocycles. The number of halogens is 10. The van der Waals surface area contributed by atoms with Crippen molar-refractivity contribution in [3.8, 4) is 0 Å². The van der Waals surface area contributed by atoms with E-state index in [1.807, 2.05) is 0 Å². The van der Waals surface area contributed by atoms with Crippen LogP contribution in [-0.4, -0.2) is 7.87 Å². The fourth-order valence-electron chi connectivity index (χ4n) is 0.240. The molecule has 0 saturated heterocycles. The Balaban J connectivity index is 5.60. The van der Waals surface area contributed by atoms with Gasteiger partial charge in [-0.3, -0.25) is 0 Å². The molecular weight excluding hydrogens is 410 g/mol. The van der Waals surface area contributed by atoms with Gasteiger partial charge in [0.05, 0.1) is 0 Å². The Morgan fingerprint density at radius 3 is 0.846 bits per heavy atom. The molecule has 84 valence electrons. The van der Waals surface area contributed by atoms with Gasteiger partial charge in [-0.05, 0) is 0 Å². The third-order valence-electron chi connectivity index (χ3n) is 0.872. The Hall–Kier alpha value is 3.33. The zero-order valence-electron chi connectivity index (χ0n) is 5.23. The second-order valence-electron chi connectivity index (χ2n) is 2.10. The fraction of sp³-hybridized carbons (Fsp3) is 1.00. The fourth-order valence-corrected chi connectivity index (χ4v) is 6.47. The zero-order valence-corrected chi connectivity index (χ0v) is 13.7. The van der Waals surface area contributed by atoms with E-state index in [2.05, 4.69) is 0 Å². The Kier molecular flexibility index (Phi) is 4.30. The van der Waals surface area contributed by atoms with Crippen molar-refractivity contribution < 1.29 is 0 Å². The maximum atomic E-state index is 5.54. The first-order chi connectivity index (χ1) is 5.00. The first kappa shape index (κ1) is 16.3. The van der Waals surface area contributed by atoms with Crippen molar-refractivity contribution in [2.45, 2.75) is 7.87 Å². The molecule has 0 aliphatic heterocycles. The average molecular weight is 410 g/mol. The third kappa shape index (κ3) is 3.65. The molecule has 0 aliphatic rings. The van der Waals surface area contributed by atoms with E-state index < -0.39 is 10.6 Å². The summed E-state index contributed by atoms with van der Waals surface area (Å²) in [5.74, 6) is 0. The molecule has 0 saturated carbocycles. The van der Waals surface area contributed by atoms with E-state index in [0.717, 1.165) is 0 Å². The third-order valence-corrected chi connectivity index (χ3v) is 13.6. The van der Waals surface area contributed by atoms with Crippen LogP contribution in [0.1, 0.15) is 0 Å². The van der Waals surface area contributed by atoms with Gasteiger partial charge in [-0.15, -0.1) is 0 Å². The van der Waals surface area contributed by atoms with Crippen LogP contribution in [0.3, 0.4) is 0 Å². The van der Waals surface area contributed by atoms with E-state index in [9.17, 15) is 0 Å². The average Bonchev–Trinajstić information content (AvgIpc) is 1.52. The van der Waals surface area contributed by atoms with Gasteiger partial charge in [0.15, 0.2) is 0 Å². The summed E-state index contributed by atoms with van der Waals surface area (Å²) in [5, 5.41) is 0. The molecule has 0 amide bonds. The van der Waals surface area contributed by atoms with Crippen molar-refractivity contribution in [2.75, 3.05) is 0 Å². The van der Waals surface area contributed by atoms with E-state index in [0.29, 0.717) is 0 Å². The molecule has 0 rings (SSSR count). The second kappa shape index (κ2) is 3.42.